The van der Waals surface area contributed by atoms with Gasteiger partial charge in [0.1, 0.15) is 11.1 Å². The molecule has 7 heteroatoms. The molecule has 1 atom stereocenters. The van der Waals surface area contributed by atoms with E-state index in [2.05, 4.69) is 15.6 Å². The predicted molar refractivity (Wildman–Crippen MR) is 77.1 cm³/mol. The zero-order valence-electron chi connectivity index (χ0n) is 10.9. The Morgan fingerprint density at radius 1 is 1.45 bits per heavy atom. The topological polar surface area (TPSA) is 70.6 Å². The lowest BCUT2D eigenvalue weighted by Gasteiger charge is -2.07. The van der Waals surface area contributed by atoms with Gasteiger partial charge < -0.3 is 10.6 Å². The van der Waals surface area contributed by atoms with Gasteiger partial charge in [0.2, 0.25) is 11.8 Å². The van der Waals surface area contributed by atoms with Crippen LogP contribution < -0.4 is 10.6 Å². The van der Waals surface area contributed by atoms with Crippen LogP contribution in [0.2, 0.25) is 0 Å². The normalized spacial score (nSPS) is 20.0. The summed E-state index contributed by atoms with van der Waals surface area (Å²) >= 11 is 1.25. The lowest BCUT2D eigenvalue weighted by atomic mass is 10.2. The maximum absolute atomic E-state index is 12.7. The zero-order valence-corrected chi connectivity index (χ0v) is 11.7. The Hall–Kier alpha value is -1.89. The summed E-state index contributed by atoms with van der Waals surface area (Å²) in [5.74, 6) is -0.868. The van der Waals surface area contributed by atoms with Crippen molar-refractivity contribution in [3.05, 3.63) is 30.1 Å². The highest BCUT2D eigenvalue weighted by Crippen LogP contribution is 2.23. The summed E-state index contributed by atoms with van der Waals surface area (Å²) in [6, 6.07) is 5.47. The molecule has 0 aliphatic carbocycles. The lowest BCUT2D eigenvalue weighted by Crippen LogP contribution is -2.28. The van der Waals surface area contributed by atoms with E-state index in [0.717, 1.165) is 0 Å². The van der Waals surface area contributed by atoms with Crippen molar-refractivity contribution in [2.75, 3.05) is 11.9 Å². The number of halogens is 1. The van der Waals surface area contributed by atoms with Crippen LogP contribution in [0, 0.1) is 5.82 Å². The highest BCUT2D eigenvalue weighted by molar-refractivity contribution is 8.15. The van der Waals surface area contributed by atoms with E-state index in [1.807, 2.05) is 6.92 Å². The fraction of sp³-hybridized carbons (Fsp3) is 0.308. The SMILES string of the molecule is CCN=C1NC(=O)[C@@H](CC(=O)Nc2ccc(F)cc2)S1. The van der Waals surface area contributed by atoms with Crippen LogP contribution in [0.1, 0.15) is 13.3 Å². The van der Waals surface area contributed by atoms with Crippen molar-refractivity contribution in [1.29, 1.82) is 0 Å². The summed E-state index contributed by atoms with van der Waals surface area (Å²) in [6.07, 6.45) is 0.0522. The van der Waals surface area contributed by atoms with E-state index in [1.54, 1.807) is 0 Å². The Morgan fingerprint density at radius 3 is 2.80 bits per heavy atom. The Labute approximate surface area is 120 Å². The number of anilines is 1. The van der Waals surface area contributed by atoms with Crippen molar-refractivity contribution < 1.29 is 14.0 Å². The maximum atomic E-state index is 12.7. The second-order valence-corrected chi connectivity index (χ2v) is 5.33. The van der Waals surface area contributed by atoms with Gasteiger partial charge in [0.05, 0.1) is 0 Å². The first-order valence-electron chi connectivity index (χ1n) is 6.16. The van der Waals surface area contributed by atoms with E-state index >= 15 is 0 Å². The minimum Gasteiger partial charge on any atom is -0.326 e. The number of nitrogens with one attached hydrogen (secondary N) is 2. The average Bonchev–Trinajstić information content (AvgIpc) is 2.73. The van der Waals surface area contributed by atoms with Crippen molar-refractivity contribution in [2.24, 2.45) is 4.99 Å². The molecule has 0 spiro atoms. The van der Waals surface area contributed by atoms with Crippen LogP contribution in [0.4, 0.5) is 10.1 Å². The van der Waals surface area contributed by atoms with E-state index < -0.39 is 5.25 Å². The number of carbonyl (C=O) groups is 2. The van der Waals surface area contributed by atoms with Crippen LogP contribution in [0.3, 0.4) is 0 Å². The highest BCUT2D eigenvalue weighted by atomic mass is 32.2. The van der Waals surface area contributed by atoms with Gasteiger partial charge in [0.15, 0.2) is 5.17 Å². The van der Waals surface area contributed by atoms with Gasteiger partial charge in [-0.3, -0.25) is 14.6 Å². The molecule has 2 amide bonds. The van der Waals surface area contributed by atoms with Gasteiger partial charge in [0, 0.05) is 18.7 Å². The number of hydrogen-bond donors (Lipinski definition) is 2. The minimum atomic E-state index is -0.472. The Balaban J connectivity index is 1.90. The fourth-order valence-electron chi connectivity index (χ4n) is 1.67. The average molecular weight is 295 g/mol. The molecule has 1 aromatic rings. The van der Waals surface area contributed by atoms with Gasteiger partial charge in [-0.1, -0.05) is 11.8 Å². The molecule has 1 aliphatic heterocycles. The predicted octanol–water partition coefficient (Wildman–Crippen LogP) is 1.76. The zero-order chi connectivity index (χ0) is 14.5. The number of thioether (sulfide) groups is 1. The molecule has 0 unspecified atom stereocenters. The second kappa shape index (κ2) is 6.51. The quantitative estimate of drug-likeness (QED) is 0.889. The van der Waals surface area contributed by atoms with E-state index in [4.69, 9.17) is 0 Å². The Bertz CT molecular complexity index is 545. The molecule has 0 saturated carbocycles. The lowest BCUT2D eigenvalue weighted by molar-refractivity contribution is -0.122. The van der Waals surface area contributed by atoms with Crippen molar-refractivity contribution in [2.45, 2.75) is 18.6 Å². The van der Waals surface area contributed by atoms with Gasteiger partial charge in [-0.2, -0.15) is 0 Å². The Kier molecular flexibility index (Phi) is 4.73. The van der Waals surface area contributed by atoms with Crippen LogP contribution in [-0.2, 0) is 9.59 Å². The second-order valence-electron chi connectivity index (χ2n) is 4.13. The number of rotatable bonds is 4. The molecule has 1 heterocycles. The van der Waals surface area contributed by atoms with Crippen LogP contribution in [-0.4, -0.2) is 28.8 Å². The molecule has 1 aromatic carbocycles. The molecular formula is C13H14FN3O2S. The van der Waals surface area contributed by atoms with Gasteiger partial charge in [-0.05, 0) is 31.2 Å². The van der Waals surface area contributed by atoms with E-state index in [-0.39, 0.29) is 24.1 Å². The van der Waals surface area contributed by atoms with Gasteiger partial charge >= 0.3 is 0 Å². The largest absolute Gasteiger partial charge is 0.326 e. The maximum Gasteiger partial charge on any atom is 0.240 e. The van der Waals surface area contributed by atoms with Gasteiger partial charge in [-0.25, -0.2) is 4.39 Å². The number of nitrogens with zero attached hydrogens (tertiary/aromatic N) is 1. The summed E-state index contributed by atoms with van der Waals surface area (Å²) in [5, 5.41) is 5.33. The molecule has 1 saturated heterocycles. The summed E-state index contributed by atoms with van der Waals surface area (Å²) in [5.41, 5.74) is 0.502. The molecule has 0 radical (unpaired) electrons. The first kappa shape index (κ1) is 14.5. The molecule has 1 aliphatic rings. The van der Waals surface area contributed by atoms with E-state index in [0.29, 0.717) is 17.4 Å². The molecular weight excluding hydrogens is 281 g/mol. The number of carbonyl (C=O) groups excluding carboxylic acids is 2. The van der Waals surface area contributed by atoms with Crippen LogP contribution >= 0.6 is 11.8 Å². The third-order valence-electron chi connectivity index (χ3n) is 2.58. The summed E-state index contributed by atoms with van der Waals surface area (Å²) < 4.78 is 12.7. The molecule has 106 valence electrons. The third kappa shape index (κ3) is 3.80. The van der Waals surface area contributed by atoms with Crippen LogP contribution in [0.5, 0.6) is 0 Å². The molecule has 1 fully saturated rings. The summed E-state index contributed by atoms with van der Waals surface area (Å²) in [6.45, 7) is 2.45. The minimum absolute atomic E-state index is 0.0522. The molecule has 2 rings (SSSR count). The summed E-state index contributed by atoms with van der Waals surface area (Å²) in [4.78, 5) is 27.6. The number of amides is 2. The third-order valence-corrected chi connectivity index (χ3v) is 3.70. The fourth-order valence-corrected chi connectivity index (χ4v) is 2.71. The van der Waals surface area contributed by atoms with E-state index in [9.17, 15) is 14.0 Å². The van der Waals surface area contributed by atoms with Crippen molar-refractivity contribution in [1.82, 2.24) is 5.32 Å². The Morgan fingerprint density at radius 2 is 2.15 bits per heavy atom. The number of hydrogen-bond acceptors (Lipinski definition) is 4. The van der Waals surface area contributed by atoms with Crippen LogP contribution in [0.25, 0.3) is 0 Å². The molecule has 2 N–H and O–H groups in total. The summed E-state index contributed by atoms with van der Waals surface area (Å²) in [7, 11) is 0. The standard InChI is InChI=1S/C13H14FN3O2S/c1-2-15-13-17-12(19)10(20-13)7-11(18)16-9-5-3-8(14)4-6-9/h3-6,10H,2,7H2,1H3,(H,16,18)(H,15,17,19)/t10-/m1/s1. The first-order chi connectivity index (χ1) is 9.58. The molecule has 0 aromatic heterocycles. The first-order valence-corrected chi connectivity index (χ1v) is 7.04. The number of benzene rings is 1. The van der Waals surface area contributed by atoms with Crippen molar-refractivity contribution in [3.63, 3.8) is 0 Å². The van der Waals surface area contributed by atoms with Crippen LogP contribution in [0.15, 0.2) is 29.3 Å². The molecule has 20 heavy (non-hydrogen) atoms. The number of aliphatic imine (C=N–C) groups is 1. The smallest absolute Gasteiger partial charge is 0.240 e. The van der Waals surface area contributed by atoms with Crippen molar-refractivity contribution in [3.8, 4) is 0 Å². The monoisotopic (exact) mass is 295 g/mol. The molecule has 5 nitrogen and oxygen atoms in total. The van der Waals surface area contributed by atoms with Crippen molar-refractivity contribution >= 4 is 34.4 Å². The highest BCUT2D eigenvalue weighted by Gasteiger charge is 2.31. The van der Waals surface area contributed by atoms with Gasteiger partial charge in [0.25, 0.3) is 0 Å². The molecule has 0 bridgehead atoms. The van der Waals surface area contributed by atoms with Gasteiger partial charge in [-0.15, -0.1) is 0 Å². The van der Waals surface area contributed by atoms with E-state index in [1.165, 1.54) is 36.0 Å². The number of amidine groups is 1.